The van der Waals surface area contributed by atoms with E-state index in [0.717, 1.165) is 18.7 Å². The van der Waals surface area contributed by atoms with E-state index in [0.29, 0.717) is 13.2 Å². The van der Waals surface area contributed by atoms with Crippen molar-refractivity contribution in [3.8, 4) is 0 Å². The van der Waals surface area contributed by atoms with Gasteiger partial charge in [-0.25, -0.2) is 0 Å². The molecule has 3 nitrogen and oxygen atoms in total. The second-order valence-corrected chi connectivity index (χ2v) is 5.72. The average Bonchev–Trinajstić information content (AvgIpc) is 2.49. The summed E-state index contributed by atoms with van der Waals surface area (Å²) in [5.41, 5.74) is 1.07. The van der Waals surface area contributed by atoms with E-state index in [-0.39, 0.29) is 0 Å². The third-order valence-corrected chi connectivity index (χ3v) is 3.88. The Morgan fingerprint density at radius 3 is 2.80 bits per heavy atom. The van der Waals surface area contributed by atoms with Gasteiger partial charge in [0, 0.05) is 23.7 Å². The first-order chi connectivity index (χ1) is 9.77. The smallest absolute Gasteiger partial charge is 0.0945 e. The summed E-state index contributed by atoms with van der Waals surface area (Å²) in [6, 6.07) is 8.12. The molecule has 0 aliphatic rings. The highest BCUT2D eigenvalue weighted by Crippen LogP contribution is 2.24. The molecule has 1 rings (SSSR count). The number of hydrogen-bond donors (Lipinski definition) is 2. The zero-order valence-electron chi connectivity index (χ0n) is 12.6. The number of thioether (sulfide) groups is 1. The number of ether oxygens (including phenoxy) is 1. The molecule has 1 aromatic carbocycles. The molecular formula is C16H27NO2S. The Bertz CT molecular complexity index is 360. The molecule has 20 heavy (non-hydrogen) atoms. The summed E-state index contributed by atoms with van der Waals surface area (Å²) in [4.78, 5) is 1.19. The number of nitrogens with one attached hydrogen (secondary N) is 1. The SMILES string of the molecule is CCCCCCOCC(O)CNc1ccccc1SC. The maximum Gasteiger partial charge on any atom is 0.0945 e. The number of aliphatic hydroxyl groups excluding tert-OH is 1. The van der Waals surface area contributed by atoms with E-state index in [1.807, 2.05) is 18.2 Å². The predicted molar refractivity (Wildman–Crippen MR) is 87.7 cm³/mol. The van der Waals surface area contributed by atoms with Crippen molar-refractivity contribution < 1.29 is 9.84 Å². The molecule has 0 radical (unpaired) electrons. The molecule has 0 aromatic heterocycles. The molecule has 0 heterocycles. The normalized spacial score (nSPS) is 12.3. The zero-order valence-corrected chi connectivity index (χ0v) is 13.4. The summed E-state index contributed by atoms with van der Waals surface area (Å²) in [7, 11) is 0. The van der Waals surface area contributed by atoms with E-state index < -0.39 is 6.10 Å². The molecule has 1 unspecified atom stereocenters. The Labute approximate surface area is 127 Å². The second-order valence-electron chi connectivity index (χ2n) is 4.87. The maximum absolute atomic E-state index is 9.88. The zero-order chi connectivity index (χ0) is 14.6. The molecule has 0 bridgehead atoms. The fraction of sp³-hybridized carbons (Fsp3) is 0.625. The molecule has 2 N–H and O–H groups in total. The third kappa shape index (κ3) is 7.17. The standard InChI is InChI=1S/C16H27NO2S/c1-3-4-5-8-11-19-13-14(18)12-17-15-9-6-7-10-16(15)20-2/h6-7,9-10,14,17-18H,3-5,8,11-13H2,1-2H3. The summed E-state index contributed by atoms with van der Waals surface area (Å²) >= 11 is 1.70. The van der Waals surface area contributed by atoms with Gasteiger partial charge in [0.25, 0.3) is 0 Å². The lowest BCUT2D eigenvalue weighted by Crippen LogP contribution is -2.25. The number of para-hydroxylation sites is 1. The van der Waals surface area contributed by atoms with Crippen molar-refractivity contribution in [1.29, 1.82) is 0 Å². The van der Waals surface area contributed by atoms with Crippen LogP contribution in [0.5, 0.6) is 0 Å². The first kappa shape index (κ1) is 17.3. The van der Waals surface area contributed by atoms with Crippen molar-refractivity contribution in [1.82, 2.24) is 0 Å². The Balaban J connectivity index is 2.14. The number of unbranched alkanes of at least 4 members (excludes halogenated alkanes) is 3. The van der Waals surface area contributed by atoms with Crippen molar-refractivity contribution in [2.75, 3.05) is 31.3 Å². The Morgan fingerprint density at radius 2 is 2.05 bits per heavy atom. The van der Waals surface area contributed by atoms with Crippen molar-refractivity contribution in [2.45, 2.75) is 43.6 Å². The van der Waals surface area contributed by atoms with Crippen molar-refractivity contribution in [3.05, 3.63) is 24.3 Å². The van der Waals surface area contributed by atoms with Gasteiger partial charge in [-0.1, -0.05) is 38.3 Å². The van der Waals surface area contributed by atoms with Gasteiger partial charge in [-0.2, -0.15) is 0 Å². The van der Waals surface area contributed by atoms with Gasteiger partial charge in [0.05, 0.1) is 12.7 Å². The topological polar surface area (TPSA) is 41.5 Å². The predicted octanol–water partition coefficient (Wildman–Crippen LogP) is 3.78. The van der Waals surface area contributed by atoms with Gasteiger partial charge >= 0.3 is 0 Å². The van der Waals surface area contributed by atoms with E-state index in [1.54, 1.807) is 11.8 Å². The van der Waals surface area contributed by atoms with Crippen molar-refractivity contribution in [2.24, 2.45) is 0 Å². The lowest BCUT2D eigenvalue weighted by Gasteiger charge is -2.15. The lowest BCUT2D eigenvalue weighted by atomic mass is 10.2. The first-order valence-electron chi connectivity index (χ1n) is 7.40. The first-order valence-corrected chi connectivity index (χ1v) is 8.63. The number of anilines is 1. The van der Waals surface area contributed by atoms with E-state index in [4.69, 9.17) is 4.74 Å². The van der Waals surface area contributed by atoms with Crippen LogP contribution in [0.3, 0.4) is 0 Å². The molecule has 114 valence electrons. The second kappa shape index (κ2) is 11.0. The van der Waals surface area contributed by atoms with Crippen LogP contribution in [0.25, 0.3) is 0 Å². The molecule has 0 fully saturated rings. The lowest BCUT2D eigenvalue weighted by molar-refractivity contribution is 0.0416. The molecule has 0 aliphatic heterocycles. The number of hydrogen-bond acceptors (Lipinski definition) is 4. The van der Waals surface area contributed by atoms with E-state index in [9.17, 15) is 5.11 Å². The Hall–Kier alpha value is -0.710. The fourth-order valence-electron chi connectivity index (χ4n) is 1.93. The highest BCUT2D eigenvalue weighted by Gasteiger charge is 2.06. The Kier molecular flexibility index (Phi) is 9.54. The van der Waals surface area contributed by atoms with E-state index in [1.165, 1.54) is 24.2 Å². The average molecular weight is 297 g/mol. The number of rotatable bonds is 11. The minimum atomic E-state index is -0.462. The van der Waals surface area contributed by atoms with Crippen LogP contribution in [0, 0.1) is 0 Å². The summed E-state index contributed by atoms with van der Waals surface area (Å²) in [5.74, 6) is 0. The molecule has 4 heteroatoms. The van der Waals surface area contributed by atoms with Crippen LogP contribution in [0.4, 0.5) is 5.69 Å². The largest absolute Gasteiger partial charge is 0.389 e. The Morgan fingerprint density at radius 1 is 1.25 bits per heavy atom. The molecule has 0 saturated heterocycles. The van der Waals surface area contributed by atoms with Crippen LogP contribution >= 0.6 is 11.8 Å². The van der Waals surface area contributed by atoms with Crippen molar-refractivity contribution in [3.63, 3.8) is 0 Å². The molecule has 1 aromatic rings. The minimum Gasteiger partial charge on any atom is -0.389 e. The molecule has 0 aliphatic carbocycles. The fourth-order valence-corrected chi connectivity index (χ4v) is 2.50. The molecule has 1 atom stereocenters. The van der Waals surface area contributed by atoms with Crippen LogP contribution in [0.15, 0.2) is 29.2 Å². The van der Waals surface area contributed by atoms with E-state index in [2.05, 4.69) is 24.6 Å². The van der Waals surface area contributed by atoms with Gasteiger partial charge in [-0.3, -0.25) is 0 Å². The van der Waals surface area contributed by atoms with Gasteiger partial charge < -0.3 is 15.2 Å². The van der Waals surface area contributed by atoms with Gasteiger partial charge in [0.2, 0.25) is 0 Å². The quantitative estimate of drug-likeness (QED) is 0.482. The summed E-state index contributed by atoms with van der Waals surface area (Å²) in [5, 5.41) is 13.2. The monoisotopic (exact) mass is 297 g/mol. The molecular weight excluding hydrogens is 270 g/mol. The third-order valence-electron chi connectivity index (χ3n) is 3.09. The highest BCUT2D eigenvalue weighted by molar-refractivity contribution is 7.98. The van der Waals surface area contributed by atoms with Gasteiger partial charge in [-0.15, -0.1) is 11.8 Å². The van der Waals surface area contributed by atoms with Gasteiger partial charge in [-0.05, 0) is 24.8 Å². The maximum atomic E-state index is 9.88. The molecule has 0 amide bonds. The molecule has 0 saturated carbocycles. The van der Waals surface area contributed by atoms with Crippen LogP contribution in [-0.4, -0.2) is 37.2 Å². The van der Waals surface area contributed by atoms with E-state index >= 15 is 0 Å². The van der Waals surface area contributed by atoms with Crippen LogP contribution in [0.2, 0.25) is 0 Å². The van der Waals surface area contributed by atoms with Gasteiger partial charge in [0.1, 0.15) is 0 Å². The molecule has 0 spiro atoms. The summed E-state index contributed by atoms with van der Waals surface area (Å²) in [6.07, 6.45) is 6.39. The van der Waals surface area contributed by atoms with Crippen LogP contribution in [0.1, 0.15) is 32.6 Å². The number of benzene rings is 1. The van der Waals surface area contributed by atoms with Crippen LogP contribution in [-0.2, 0) is 4.74 Å². The minimum absolute atomic E-state index is 0.403. The number of aliphatic hydroxyl groups is 1. The summed E-state index contributed by atoms with van der Waals surface area (Å²) < 4.78 is 5.49. The van der Waals surface area contributed by atoms with Gasteiger partial charge in [0.15, 0.2) is 0 Å². The van der Waals surface area contributed by atoms with Crippen molar-refractivity contribution >= 4 is 17.4 Å². The van der Waals surface area contributed by atoms with Crippen LogP contribution < -0.4 is 5.32 Å². The summed E-state index contributed by atoms with van der Waals surface area (Å²) in [6.45, 7) is 3.87. The highest BCUT2D eigenvalue weighted by atomic mass is 32.2.